The van der Waals surface area contributed by atoms with Gasteiger partial charge in [0.25, 0.3) is 8.32 Å². The lowest BCUT2D eigenvalue weighted by molar-refractivity contribution is -0.122. The van der Waals surface area contributed by atoms with E-state index in [4.69, 9.17) is 9.16 Å². The maximum atomic E-state index is 14.7. The fourth-order valence-electron chi connectivity index (χ4n) is 10.8. The highest BCUT2D eigenvalue weighted by molar-refractivity contribution is 6.99. The summed E-state index contributed by atoms with van der Waals surface area (Å²) in [4.78, 5) is 30.9. The van der Waals surface area contributed by atoms with Gasteiger partial charge in [0.15, 0.2) is 0 Å². The number of carbonyl (C=O) groups excluding carboxylic acids is 2. The highest BCUT2D eigenvalue weighted by Gasteiger charge is 2.58. The Morgan fingerprint density at radius 2 is 1.36 bits per heavy atom. The van der Waals surface area contributed by atoms with Crippen LogP contribution in [0.15, 0.2) is 168 Å². The van der Waals surface area contributed by atoms with E-state index >= 15 is 0 Å². The zero-order chi connectivity index (χ0) is 44.4. The molecule has 2 fully saturated rings. The van der Waals surface area contributed by atoms with E-state index in [1.807, 2.05) is 78.9 Å². The Bertz CT molecular complexity index is 2650. The van der Waals surface area contributed by atoms with E-state index in [1.54, 1.807) is 6.07 Å². The number of para-hydroxylation sites is 1. The van der Waals surface area contributed by atoms with Gasteiger partial charge in [-0.2, -0.15) is 0 Å². The van der Waals surface area contributed by atoms with Crippen LogP contribution in [0.5, 0.6) is 5.75 Å². The van der Waals surface area contributed by atoms with Crippen LogP contribution in [0.4, 0.5) is 17.1 Å². The van der Waals surface area contributed by atoms with E-state index in [-0.39, 0.29) is 34.6 Å². The Labute approximate surface area is 378 Å². The maximum Gasteiger partial charge on any atom is 0.261 e. The smallest absolute Gasteiger partial charge is 0.261 e. The number of hydrogen-bond acceptors (Lipinski definition) is 6. The molecule has 0 aromatic heterocycles. The number of benzene rings is 6. The van der Waals surface area contributed by atoms with Crippen molar-refractivity contribution in [2.45, 2.75) is 70.9 Å². The van der Waals surface area contributed by atoms with Gasteiger partial charge in [0.05, 0.1) is 36.8 Å². The van der Waals surface area contributed by atoms with Gasteiger partial charge in [-0.05, 0) is 106 Å². The van der Waals surface area contributed by atoms with E-state index in [2.05, 4.69) is 106 Å². The third kappa shape index (κ3) is 8.15. The maximum absolute atomic E-state index is 14.7. The second-order valence-electron chi connectivity index (χ2n) is 18.6. The minimum absolute atomic E-state index is 0.150. The van der Waals surface area contributed by atoms with Gasteiger partial charge in [-0.3, -0.25) is 14.5 Å². The number of ether oxygens (including phenoxy) is 1. The monoisotopic (exact) mass is 866 g/mol. The quantitative estimate of drug-likeness (QED) is 0.0644. The lowest BCUT2D eigenvalue weighted by Gasteiger charge is -2.44. The van der Waals surface area contributed by atoms with E-state index < -0.39 is 20.2 Å². The number of nitrogens with zero attached hydrogens (tertiary/aromatic N) is 1. The minimum atomic E-state index is -2.95. The second kappa shape index (κ2) is 18.2. The van der Waals surface area contributed by atoms with Crippen molar-refractivity contribution in [1.82, 2.24) is 0 Å². The Morgan fingerprint density at radius 3 is 2.00 bits per heavy atom. The molecule has 3 aliphatic rings. The summed E-state index contributed by atoms with van der Waals surface area (Å²) in [6.07, 6.45) is 5.99. The molecular weight excluding hydrogens is 809 g/mol. The molecule has 9 rings (SSSR count). The predicted molar refractivity (Wildman–Crippen MR) is 262 cm³/mol. The first-order chi connectivity index (χ1) is 31.1. The Balaban J connectivity index is 1.07. The summed E-state index contributed by atoms with van der Waals surface area (Å²) >= 11 is 0. The van der Waals surface area contributed by atoms with Crippen LogP contribution in [0, 0.1) is 17.8 Å². The first-order valence-corrected chi connectivity index (χ1v) is 24.8. The van der Waals surface area contributed by atoms with Crippen molar-refractivity contribution in [1.29, 1.82) is 0 Å². The van der Waals surface area contributed by atoms with Crippen LogP contribution >= 0.6 is 0 Å². The number of allylic oxidation sites excluding steroid dienone is 1. The van der Waals surface area contributed by atoms with Crippen molar-refractivity contribution in [3.05, 3.63) is 174 Å². The summed E-state index contributed by atoms with van der Waals surface area (Å²) in [5.41, 5.74) is 7.06. The molecule has 0 saturated carbocycles. The third-order valence-electron chi connectivity index (χ3n) is 13.7. The molecule has 0 bridgehead atoms. The lowest BCUT2D eigenvalue weighted by atomic mass is 9.69. The van der Waals surface area contributed by atoms with Gasteiger partial charge in [-0.15, -0.1) is 0 Å². The van der Waals surface area contributed by atoms with Crippen molar-refractivity contribution < 1.29 is 23.9 Å². The van der Waals surface area contributed by atoms with E-state index in [0.29, 0.717) is 25.3 Å². The molecule has 2 heterocycles. The third-order valence-corrected chi connectivity index (χ3v) is 18.7. The number of carbonyl (C=O) groups is 2. The molecule has 6 aromatic rings. The van der Waals surface area contributed by atoms with Crippen molar-refractivity contribution in [2.75, 3.05) is 23.4 Å². The second-order valence-corrected chi connectivity index (χ2v) is 22.9. The van der Waals surface area contributed by atoms with Gasteiger partial charge in [0, 0.05) is 22.7 Å². The highest BCUT2D eigenvalue weighted by Crippen LogP contribution is 2.51. The van der Waals surface area contributed by atoms with Crippen LogP contribution in [-0.2, 0) is 18.8 Å². The number of phenolic OH excluding ortho intramolecular Hbond substituents is 1. The SMILES string of the molecule is CCC/C(=C\c1ccc(O)c2ccccc12)CC[C@H]1OC[C@H]2C1=C(CO[Si](c1ccccc1)(c1ccccc1)C(C)(C)C)C[C@H]1C(=O)N(c3ccc(Nc4ccccc4)cc3)C(=O)[C@H]12. The molecule has 6 aromatic carbocycles. The normalized spacial score (nSPS) is 20.2. The molecule has 8 heteroatoms. The summed E-state index contributed by atoms with van der Waals surface area (Å²) in [6, 6.07) is 50.6. The van der Waals surface area contributed by atoms with Crippen molar-refractivity contribution in [2.24, 2.45) is 17.8 Å². The number of amides is 2. The first-order valence-electron chi connectivity index (χ1n) is 22.9. The molecule has 0 unspecified atom stereocenters. The fraction of sp³-hybridized carbons (Fsp3) is 0.286. The summed E-state index contributed by atoms with van der Waals surface area (Å²) in [6.45, 7) is 9.79. The average molecular weight is 867 g/mol. The van der Waals surface area contributed by atoms with Gasteiger partial charge < -0.3 is 19.6 Å². The minimum Gasteiger partial charge on any atom is -0.507 e. The van der Waals surface area contributed by atoms with Gasteiger partial charge in [-0.25, -0.2) is 0 Å². The molecule has 2 saturated heterocycles. The summed E-state index contributed by atoms with van der Waals surface area (Å²) in [5.74, 6) is -1.29. The molecule has 0 spiro atoms. The Kier molecular flexibility index (Phi) is 12.3. The molecule has 2 amide bonds. The van der Waals surface area contributed by atoms with Crippen molar-refractivity contribution in [3.63, 3.8) is 0 Å². The van der Waals surface area contributed by atoms with Crippen LogP contribution in [-0.4, -0.2) is 44.6 Å². The molecule has 4 atom stereocenters. The van der Waals surface area contributed by atoms with E-state index in [1.165, 1.54) is 20.8 Å². The summed E-state index contributed by atoms with van der Waals surface area (Å²) in [5, 5.41) is 18.1. The van der Waals surface area contributed by atoms with Gasteiger partial charge in [0.2, 0.25) is 11.8 Å². The molecule has 2 N–H and O–H groups in total. The lowest BCUT2D eigenvalue weighted by Crippen LogP contribution is -2.66. The molecule has 7 nitrogen and oxygen atoms in total. The Hall–Kier alpha value is -6.06. The molecule has 2 aliphatic heterocycles. The standard InChI is InChI=1S/C56H58N2O5Si/c1-5-17-38(34-39-27-32-50(59)47-25-16-15-24-46(39)47)26-33-51-52-40(36-63-64(56(2,3)4,44-20-11-7-12-21-44)45-22-13-8-14-23-45)35-48-53(49(52)37-62-51)55(61)58(54(48)60)43-30-28-42(29-31-43)57-41-18-9-6-10-19-41/h6-16,18-25,27-32,34,48-49,51,53,57,59H,5,17,26,33,35-37H2,1-4H3/b38-34+/t48-,49+,51-,53-/m1/s1. The van der Waals surface area contributed by atoms with Crippen LogP contribution in [0.25, 0.3) is 16.8 Å². The van der Waals surface area contributed by atoms with Gasteiger partial charge in [0.1, 0.15) is 5.75 Å². The van der Waals surface area contributed by atoms with Crippen LogP contribution in [0.3, 0.4) is 0 Å². The van der Waals surface area contributed by atoms with E-state index in [0.717, 1.165) is 64.5 Å². The van der Waals surface area contributed by atoms with Gasteiger partial charge in [-0.1, -0.05) is 155 Å². The Morgan fingerprint density at radius 1 is 0.750 bits per heavy atom. The highest BCUT2D eigenvalue weighted by atomic mass is 28.4. The van der Waals surface area contributed by atoms with Crippen molar-refractivity contribution >= 4 is 64.4 Å². The topological polar surface area (TPSA) is 88.1 Å². The first kappa shape index (κ1) is 43.2. The molecule has 326 valence electrons. The van der Waals surface area contributed by atoms with Crippen LogP contribution < -0.4 is 20.6 Å². The number of nitrogens with one attached hydrogen (secondary N) is 1. The summed E-state index contributed by atoms with van der Waals surface area (Å²) in [7, 11) is -2.95. The predicted octanol–water partition coefficient (Wildman–Crippen LogP) is 11.4. The fourth-order valence-corrected chi connectivity index (χ4v) is 15.3. The molecule has 64 heavy (non-hydrogen) atoms. The van der Waals surface area contributed by atoms with Crippen LogP contribution in [0.2, 0.25) is 5.04 Å². The van der Waals surface area contributed by atoms with E-state index in [9.17, 15) is 14.7 Å². The summed E-state index contributed by atoms with van der Waals surface area (Å²) < 4.78 is 14.4. The number of fused-ring (bicyclic) bond motifs is 4. The molecule has 0 radical (unpaired) electrons. The zero-order valence-corrected chi connectivity index (χ0v) is 38.3. The largest absolute Gasteiger partial charge is 0.507 e. The number of hydrogen-bond donors (Lipinski definition) is 2. The number of phenols is 1. The van der Waals surface area contributed by atoms with Crippen LogP contribution in [0.1, 0.15) is 65.4 Å². The number of aromatic hydroxyl groups is 1. The van der Waals surface area contributed by atoms with Crippen molar-refractivity contribution in [3.8, 4) is 5.75 Å². The molecule has 1 aliphatic carbocycles. The number of rotatable bonds is 14. The molecular formula is C56H58N2O5Si. The average Bonchev–Trinajstić information content (AvgIpc) is 3.85. The number of anilines is 3. The number of imide groups is 1. The van der Waals surface area contributed by atoms with Gasteiger partial charge >= 0.3 is 0 Å². The zero-order valence-electron chi connectivity index (χ0n) is 37.3.